The Bertz CT molecular complexity index is 493. The zero-order chi connectivity index (χ0) is 13.1. The van der Waals surface area contributed by atoms with E-state index in [1.54, 1.807) is 0 Å². The summed E-state index contributed by atoms with van der Waals surface area (Å²) in [7, 11) is 0. The van der Waals surface area contributed by atoms with Gasteiger partial charge in [0.2, 0.25) is 5.56 Å². The number of amides is 1. The first-order chi connectivity index (χ1) is 7.83. The van der Waals surface area contributed by atoms with Crippen LogP contribution in [0.4, 0.5) is 0 Å². The monoisotopic (exact) mass is 253 g/mol. The van der Waals surface area contributed by atoms with Crippen LogP contribution in [0, 0.1) is 5.41 Å². The van der Waals surface area contributed by atoms with Gasteiger partial charge in [-0.1, -0.05) is 32.1 Å². The smallest absolute Gasteiger partial charge is 0.267 e. The van der Waals surface area contributed by atoms with E-state index < -0.39 is 5.41 Å². The minimum absolute atomic E-state index is 0.219. The van der Waals surface area contributed by atoms with Gasteiger partial charge >= 0.3 is 0 Å². The third-order valence-corrected chi connectivity index (χ3v) is 2.92. The van der Waals surface area contributed by atoms with Crippen molar-refractivity contribution in [2.75, 3.05) is 6.54 Å². The van der Waals surface area contributed by atoms with Crippen molar-refractivity contribution >= 4 is 23.1 Å². The van der Waals surface area contributed by atoms with Crippen molar-refractivity contribution in [1.29, 1.82) is 0 Å². The fourth-order valence-electron chi connectivity index (χ4n) is 1.06. The Morgan fingerprint density at radius 2 is 2.18 bits per heavy atom. The van der Waals surface area contributed by atoms with Crippen LogP contribution >= 0.6 is 12.2 Å². The van der Waals surface area contributed by atoms with E-state index in [1.165, 1.54) is 18.2 Å². The van der Waals surface area contributed by atoms with Gasteiger partial charge in [-0.05, 0) is 6.07 Å². The highest BCUT2D eigenvalue weighted by atomic mass is 32.1. The lowest BCUT2D eigenvalue weighted by molar-refractivity contribution is 0.0940. The average Bonchev–Trinajstić information content (AvgIpc) is 2.25. The van der Waals surface area contributed by atoms with Crippen LogP contribution in [0.5, 0.6) is 0 Å². The fourth-order valence-corrected chi connectivity index (χ4v) is 1.14. The maximum absolute atomic E-state index is 11.7. The number of carbonyl (C=O) groups excluding carboxylic acids is 1. The Morgan fingerprint density at radius 3 is 2.71 bits per heavy atom. The van der Waals surface area contributed by atoms with E-state index >= 15 is 0 Å². The molecule has 0 atom stereocenters. The first-order valence-electron chi connectivity index (χ1n) is 5.10. The normalized spacial score (nSPS) is 10.9. The molecule has 1 heterocycles. The minimum Gasteiger partial charge on any atom is -0.393 e. The molecule has 0 aliphatic carbocycles. The lowest BCUT2D eigenvalue weighted by atomic mass is 9.93. The lowest BCUT2D eigenvalue weighted by Crippen LogP contribution is -2.41. The molecule has 6 heteroatoms. The maximum Gasteiger partial charge on any atom is 0.267 e. The first kappa shape index (κ1) is 13.4. The molecule has 0 aliphatic rings. The number of nitrogens with two attached hydrogens (primary N) is 1. The van der Waals surface area contributed by atoms with Crippen LogP contribution < -0.4 is 16.6 Å². The largest absolute Gasteiger partial charge is 0.393 e. The number of pyridine rings is 1. The van der Waals surface area contributed by atoms with E-state index in [4.69, 9.17) is 18.0 Å². The van der Waals surface area contributed by atoms with E-state index in [1.807, 2.05) is 13.8 Å². The number of carbonyl (C=O) groups is 1. The summed E-state index contributed by atoms with van der Waals surface area (Å²) < 4.78 is 0. The highest BCUT2D eigenvalue weighted by molar-refractivity contribution is 7.80. The van der Waals surface area contributed by atoms with Crippen molar-refractivity contribution < 1.29 is 4.79 Å². The number of aromatic nitrogens is 1. The molecular formula is C11H15N3O2S. The van der Waals surface area contributed by atoms with Crippen LogP contribution in [0.3, 0.4) is 0 Å². The summed E-state index contributed by atoms with van der Waals surface area (Å²) in [5.74, 6) is -0.355. The summed E-state index contributed by atoms with van der Waals surface area (Å²) in [6.07, 6.45) is 0. The molecule has 1 rings (SSSR count). The molecule has 0 unspecified atom stereocenters. The predicted molar refractivity (Wildman–Crippen MR) is 70.0 cm³/mol. The maximum atomic E-state index is 11.7. The van der Waals surface area contributed by atoms with E-state index in [0.717, 1.165) is 0 Å². The molecule has 0 saturated heterocycles. The second kappa shape index (κ2) is 5.09. The van der Waals surface area contributed by atoms with Gasteiger partial charge in [0, 0.05) is 18.0 Å². The van der Waals surface area contributed by atoms with Gasteiger partial charge < -0.3 is 16.0 Å². The van der Waals surface area contributed by atoms with Gasteiger partial charge in [-0.15, -0.1) is 0 Å². The van der Waals surface area contributed by atoms with Gasteiger partial charge in [0.1, 0.15) is 5.69 Å². The van der Waals surface area contributed by atoms with Gasteiger partial charge in [-0.2, -0.15) is 0 Å². The molecule has 92 valence electrons. The molecule has 0 spiro atoms. The number of hydrogen-bond donors (Lipinski definition) is 3. The quantitative estimate of drug-likeness (QED) is 0.678. The molecule has 17 heavy (non-hydrogen) atoms. The molecule has 1 aromatic rings. The number of rotatable bonds is 4. The number of aromatic amines is 1. The third kappa shape index (κ3) is 3.67. The number of thiocarbonyl (C=S) groups is 1. The van der Waals surface area contributed by atoms with Crippen molar-refractivity contribution in [3.8, 4) is 0 Å². The lowest BCUT2D eigenvalue weighted by Gasteiger charge is -2.23. The van der Waals surface area contributed by atoms with E-state index in [9.17, 15) is 9.59 Å². The van der Waals surface area contributed by atoms with E-state index in [-0.39, 0.29) is 17.2 Å². The highest BCUT2D eigenvalue weighted by Crippen LogP contribution is 2.13. The zero-order valence-corrected chi connectivity index (χ0v) is 10.6. The molecule has 1 aromatic heterocycles. The summed E-state index contributed by atoms with van der Waals surface area (Å²) in [5, 5.41) is 2.67. The SMILES string of the molecule is CC(C)(CNC(=O)c1cccc(=O)[nH]1)C(N)=S. The average molecular weight is 253 g/mol. The number of H-pyrrole nitrogens is 1. The topological polar surface area (TPSA) is 88.0 Å². The Labute approximate surface area is 104 Å². The molecule has 1 amide bonds. The summed E-state index contributed by atoms with van der Waals surface area (Å²) >= 11 is 4.89. The molecule has 4 N–H and O–H groups in total. The fraction of sp³-hybridized carbons (Fsp3) is 0.364. The van der Waals surface area contributed by atoms with Gasteiger partial charge in [0.15, 0.2) is 0 Å². The van der Waals surface area contributed by atoms with Crippen LogP contribution in [-0.4, -0.2) is 22.4 Å². The first-order valence-corrected chi connectivity index (χ1v) is 5.51. The van der Waals surface area contributed by atoms with Crippen molar-refractivity contribution in [2.24, 2.45) is 11.1 Å². The Kier molecular flexibility index (Phi) is 4.01. The van der Waals surface area contributed by atoms with Crippen LogP contribution in [0.25, 0.3) is 0 Å². The summed E-state index contributed by atoms with van der Waals surface area (Å²) in [6.45, 7) is 3.99. The van der Waals surface area contributed by atoms with Crippen molar-refractivity contribution in [1.82, 2.24) is 10.3 Å². The Morgan fingerprint density at radius 1 is 1.53 bits per heavy atom. The van der Waals surface area contributed by atoms with Gasteiger partial charge in [-0.25, -0.2) is 0 Å². The van der Waals surface area contributed by atoms with Gasteiger partial charge in [0.05, 0.1) is 4.99 Å². The molecule has 0 saturated carbocycles. The van der Waals surface area contributed by atoms with E-state index in [2.05, 4.69) is 10.3 Å². The summed E-state index contributed by atoms with van der Waals surface area (Å²) in [5.41, 5.74) is 4.99. The van der Waals surface area contributed by atoms with Crippen LogP contribution in [0.2, 0.25) is 0 Å². The zero-order valence-electron chi connectivity index (χ0n) is 9.74. The highest BCUT2D eigenvalue weighted by Gasteiger charge is 2.22. The Balaban J connectivity index is 2.69. The molecule has 0 fully saturated rings. The molecule has 5 nitrogen and oxygen atoms in total. The van der Waals surface area contributed by atoms with Crippen molar-refractivity contribution in [3.05, 3.63) is 34.2 Å². The van der Waals surface area contributed by atoms with Crippen LogP contribution in [0.15, 0.2) is 23.0 Å². The Hall–Kier alpha value is -1.69. The van der Waals surface area contributed by atoms with Crippen LogP contribution in [0.1, 0.15) is 24.3 Å². The molecular weight excluding hydrogens is 238 g/mol. The van der Waals surface area contributed by atoms with Gasteiger partial charge in [-0.3, -0.25) is 9.59 Å². The molecule has 0 radical (unpaired) electrons. The molecule has 0 aromatic carbocycles. The van der Waals surface area contributed by atoms with Crippen LogP contribution in [-0.2, 0) is 0 Å². The second-order valence-electron chi connectivity index (χ2n) is 4.36. The number of nitrogens with one attached hydrogen (secondary N) is 2. The van der Waals surface area contributed by atoms with Crippen molar-refractivity contribution in [2.45, 2.75) is 13.8 Å². The minimum atomic E-state index is -0.458. The molecule has 0 bridgehead atoms. The number of hydrogen-bond acceptors (Lipinski definition) is 3. The van der Waals surface area contributed by atoms with Gasteiger partial charge in [0.25, 0.3) is 5.91 Å². The predicted octanol–water partition coefficient (Wildman–Crippen LogP) is 0.417. The summed E-state index contributed by atoms with van der Waals surface area (Å²) in [6, 6.07) is 4.40. The van der Waals surface area contributed by atoms with Crippen molar-refractivity contribution in [3.63, 3.8) is 0 Å². The standard InChI is InChI=1S/C11H15N3O2S/c1-11(2,10(12)17)6-13-9(16)7-4-3-5-8(15)14-7/h3-5H,6H2,1-2H3,(H2,12,17)(H,13,16)(H,14,15). The molecule has 0 aliphatic heterocycles. The summed E-state index contributed by atoms with van der Waals surface area (Å²) in [4.78, 5) is 25.5. The third-order valence-electron chi connectivity index (χ3n) is 2.37. The van der Waals surface area contributed by atoms with E-state index in [0.29, 0.717) is 11.5 Å². The second-order valence-corrected chi connectivity index (χ2v) is 4.80.